The number of halogens is 3. The van der Waals surface area contributed by atoms with Gasteiger partial charge in [-0.05, 0) is 23.8 Å². The van der Waals surface area contributed by atoms with Crippen LogP contribution in [0, 0.1) is 17.5 Å². The first-order valence-corrected chi connectivity index (χ1v) is 6.15. The lowest BCUT2D eigenvalue weighted by atomic mass is 10.1. The van der Waals surface area contributed by atoms with E-state index >= 15 is 0 Å². The molecule has 106 valence electrons. The first-order chi connectivity index (χ1) is 9.52. The smallest absolute Gasteiger partial charge is 0.182 e. The van der Waals surface area contributed by atoms with Crippen molar-refractivity contribution in [1.82, 2.24) is 0 Å². The van der Waals surface area contributed by atoms with E-state index in [1.54, 1.807) is 24.1 Å². The highest BCUT2D eigenvalue weighted by atomic mass is 19.2. The number of rotatable bonds is 4. The monoisotopic (exact) mass is 280 g/mol. The van der Waals surface area contributed by atoms with Crippen LogP contribution in [0.5, 0.6) is 0 Å². The summed E-state index contributed by atoms with van der Waals surface area (Å²) in [4.78, 5) is 1.56. The Balaban J connectivity index is 2.23. The normalized spacial score (nSPS) is 10.7. The number of nitrogens with two attached hydrogens (primary N) is 1. The number of hydrogen-bond donors (Lipinski definition) is 1. The van der Waals surface area contributed by atoms with Crippen LogP contribution in [-0.2, 0) is 13.1 Å². The summed E-state index contributed by atoms with van der Waals surface area (Å²) in [5, 5.41) is 0. The Morgan fingerprint density at radius 1 is 0.950 bits per heavy atom. The van der Waals surface area contributed by atoms with Gasteiger partial charge in [0.1, 0.15) is 5.82 Å². The first-order valence-electron chi connectivity index (χ1n) is 6.15. The Labute approximate surface area is 115 Å². The second-order valence-corrected chi connectivity index (χ2v) is 4.56. The molecule has 2 aromatic rings. The van der Waals surface area contributed by atoms with Crippen LogP contribution >= 0.6 is 0 Å². The lowest BCUT2D eigenvalue weighted by Crippen LogP contribution is -2.19. The number of anilines is 1. The number of benzene rings is 2. The second kappa shape index (κ2) is 5.96. The van der Waals surface area contributed by atoms with Gasteiger partial charge in [-0.2, -0.15) is 0 Å². The van der Waals surface area contributed by atoms with E-state index in [0.29, 0.717) is 6.54 Å². The summed E-state index contributed by atoms with van der Waals surface area (Å²) in [7, 11) is 1.64. The van der Waals surface area contributed by atoms with E-state index in [0.717, 1.165) is 5.56 Å². The molecule has 2 nitrogen and oxygen atoms in total. The van der Waals surface area contributed by atoms with Gasteiger partial charge in [-0.1, -0.05) is 18.2 Å². The molecule has 0 aromatic heterocycles. The fourth-order valence-electron chi connectivity index (χ4n) is 1.98. The number of nitrogens with zero attached hydrogens (tertiary/aromatic N) is 1. The largest absolute Gasteiger partial charge is 0.368 e. The molecule has 20 heavy (non-hydrogen) atoms. The summed E-state index contributed by atoms with van der Waals surface area (Å²) >= 11 is 0. The highest BCUT2D eigenvalue weighted by Crippen LogP contribution is 2.24. The molecule has 0 aliphatic carbocycles. The lowest BCUT2D eigenvalue weighted by Gasteiger charge is -2.21. The van der Waals surface area contributed by atoms with Gasteiger partial charge in [-0.15, -0.1) is 0 Å². The Hall–Kier alpha value is -2.01. The van der Waals surface area contributed by atoms with Gasteiger partial charge in [0.25, 0.3) is 0 Å². The Morgan fingerprint density at radius 3 is 2.20 bits per heavy atom. The molecule has 0 radical (unpaired) electrons. The van der Waals surface area contributed by atoms with E-state index in [2.05, 4.69) is 0 Å². The minimum absolute atomic E-state index is 0.0509. The standard InChI is InChI=1S/C15H15F3N2/c1-20(9-10-2-5-12(16)6-3-10)13-7-4-11(8-19)14(17)15(13)18/h2-7H,8-9,19H2,1H3. The Kier molecular flexibility index (Phi) is 4.29. The summed E-state index contributed by atoms with van der Waals surface area (Å²) in [5.41, 5.74) is 6.41. The van der Waals surface area contributed by atoms with Crippen molar-refractivity contribution < 1.29 is 13.2 Å². The molecular formula is C15H15F3N2. The second-order valence-electron chi connectivity index (χ2n) is 4.56. The predicted molar refractivity (Wildman–Crippen MR) is 72.8 cm³/mol. The van der Waals surface area contributed by atoms with Crippen molar-refractivity contribution in [3.8, 4) is 0 Å². The summed E-state index contributed by atoms with van der Waals surface area (Å²) < 4.78 is 40.4. The summed E-state index contributed by atoms with van der Waals surface area (Å²) in [6.07, 6.45) is 0. The minimum Gasteiger partial charge on any atom is -0.368 e. The average Bonchev–Trinajstić information content (AvgIpc) is 2.44. The summed E-state index contributed by atoms with van der Waals surface area (Å²) in [5.74, 6) is -2.17. The SMILES string of the molecule is CN(Cc1ccc(F)cc1)c1ccc(CN)c(F)c1F. The van der Waals surface area contributed by atoms with Crippen LogP contribution in [0.2, 0.25) is 0 Å². The van der Waals surface area contributed by atoms with Crippen molar-refractivity contribution in [3.63, 3.8) is 0 Å². The fourth-order valence-corrected chi connectivity index (χ4v) is 1.98. The maximum Gasteiger partial charge on any atom is 0.182 e. The summed E-state index contributed by atoms with van der Waals surface area (Å²) in [6.45, 7) is 0.295. The van der Waals surface area contributed by atoms with Crippen molar-refractivity contribution in [2.45, 2.75) is 13.1 Å². The fraction of sp³-hybridized carbons (Fsp3) is 0.200. The van der Waals surface area contributed by atoms with Crippen LogP contribution < -0.4 is 10.6 Å². The maximum absolute atomic E-state index is 13.9. The molecule has 0 heterocycles. The molecule has 0 saturated heterocycles. The van der Waals surface area contributed by atoms with Crippen LogP contribution in [0.4, 0.5) is 18.9 Å². The predicted octanol–water partition coefficient (Wildman–Crippen LogP) is 3.20. The highest BCUT2D eigenvalue weighted by Gasteiger charge is 2.15. The number of hydrogen-bond acceptors (Lipinski definition) is 2. The van der Waals surface area contributed by atoms with Gasteiger partial charge in [0.15, 0.2) is 11.6 Å². The van der Waals surface area contributed by atoms with E-state index in [4.69, 9.17) is 5.73 Å². The van der Waals surface area contributed by atoms with Crippen molar-refractivity contribution in [3.05, 3.63) is 65.0 Å². The minimum atomic E-state index is -0.920. The molecule has 5 heteroatoms. The van der Waals surface area contributed by atoms with E-state index < -0.39 is 11.6 Å². The molecule has 2 aromatic carbocycles. The lowest BCUT2D eigenvalue weighted by molar-refractivity contribution is 0.498. The molecule has 0 fully saturated rings. The molecule has 0 spiro atoms. The Morgan fingerprint density at radius 2 is 1.60 bits per heavy atom. The van der Waals surface area contributed by atoms with Gasteiger partial charge in [0.2, 0.25) is 0 Å². The van der Waals surface area contributed by atoms with Crippen LogP contribution in [0.25, 0.3) is 0 Å². The van der Waals surface area contributed by atoms with Crippen molar-refractivity contribution in [2.24, 2.45) is 5.73 Å². The zero-order chi connectivity index (χ0) is 14.7. The molecule has 0 atom stereocenters. The van der Waals surface area contributed by atoms with Gasteiger partial charge in [0.05, 0.1) is 5.69 Å². The molecule has 0 amide bonds. The third kappa shape index (κ3) is 2.93. The van der Waals surface area contributed by atoms with Crippen molar-refractivity contribution in [1.29, 1.82) is 0 Å². The van der Waals surface area contributed by atoms with Gasteiger partial charge in [-0.3, -0.25) is 0 Å². The molecule has 2 rings (SSSR count). The molecule has 2 N–H and O–H groups in total. The zero-order valence-electron chi connectivity index (χ0n) is 11.0. The van der Waals surface area contributed by atoms with Crippen LogP contribution in [0.15, 0.2) is 36.4 Å². The summed E-state index contributed by atoms with van der Waals surface area (Å²) in [6, 6.07) is 8.83. The van der Waals surface area contributed by atoms with Crippen molar-refractivity contribution in [2.75, 3.05) is 11.9 Å². The van der Waals surface area contributed by atoms with Gasteiger partial charge < -0.3 is 10.6 Å². The van der Waals surface area contributed by atoms with Gasteiger partial charge in [-0.25, -0.2) is 13.2 Å². The zero-order valence-corrected chi connectivity index (χ0v) is 11.0. The van der Waals surface area contributed by atoms with E-state index in [-0.39, 0.29) is 23.6 Å². The van der Waals surface area contributed by atoms with Gasteiger partial charge >= 0.3 is 0 Å². The molecule has 0 aliphatic heterocycles. The quantitative estimate of drug-likeness (QED) is 0.932. The third-order valence-corrected chi connectivity index (χ3v) is 3.11. The topological polar surface area (TPSA) is 29.3 Å². The Bertz CT molecular complexity index is 597. The van der Waals surface area contributed by atoms with Crippen LogP contribution in [0.1, 0.15) is 11.1 Å². The van der Waals surface area contributed by atoms with Crippen LogP contribution in [-0.4, -0.2) is 7.05 Å². The molecule has 0 bridgehead atoms. The molecule has 0 aliphatic rings. The first kappa shape index (κ1) is 14.4. The third-order valence-electron chi connectivity index (χ3n) is 3.11. The van der Waals surface area contributed by atoms with E-state index in [9.17, 15) is 13.2 Å². The molecule has 0 unspecified atom stereocenters. The average molecular weight is 280 g/mol. The molecule has 0 saturated carbocycles. The highest BCUT2D eigenvalue weighted by molar-refractivity contribution is 5.49. The maximum atomic E-state index is 13.9. The van der Waals surface area contributed by atoms with Crippen molar-refractivity contribution >= 4 is 5.69 Å². The van der Waals surface area contributed by atoms with Crippen LogP contribution in [0.3, 0.4) is 0 Å². The van der Waals surface area contributed by atoms with E-state index in [1.807, 2.05) is 0 Å². The van der Waals surface area contributed by atoms with Gasteiger partial charge in [0, 0.05) is 25.7 Å². The molecular weight excluding hydrogens is 265 g/mol. The van der Waals surface area contributed by atoms with E-state index in [1.165, 1.54) is 24.3 Å².